The summed E-state index contributed by atoms with van der Waals surface area (Å²) in [6.45, 7) is 5.07. The van der Waals surface area contributed by atoms with Gasteiger partial charge in [0, 0.05) is 30.5 Å². The van der Waals surface area contributed by atoms with Gasteiger partial charge in [-0.1, -0.05) is 6.07 Å². The molecule has 1 fully saturated rings. The van der Waals surface area contributed by atoms with Crippen molar-refractivity contribution in [1.82, 2.24) is 15.2 Å². The lowest BCUT2D eigenvalue weighted by atomic mass is 9.99. The molecule has 3 rings (SSSR count). The molecule has 1 atom stereocenters. The van der Waals surface area contributed by atoms with Gasteiger partial charge in [0.25, 0.3) is 5.91 Å². The van der Waals surface area contributed by atoms with Gasteiger partial charge in [0.15, 0.2) is 0 Å². The molecule has 1 saturated heterocycles. The van der Waals surface area contributed by atoms with Gasteiger partial charge in [-0.25, -0.2) is 4.79 Å². The van der Waals surface area contributed by atoms with Gasteiger partial charge in [-0.05, 0) is 69.0 Å². The molecule has 1 aliphatic heterocycles. The fraction of sp³-hybridized carbons (Fsp3) is 0.381. The number of nitrogens with one attached hydrogen (secondary N) is 2. The van der Waals surface area contributed by atoms with Gasteiger partial charge in [-0.15, -0.1) is 0 Å². The molecule has 3 amide bonds. The Bertz CT molecular complexity index is 807. The second-order valence-corrected chi connectivity index (χ2v) is 6.78. The Morgan fingerprint density at radius 2 is 2.07 bits per heavy atom. The minimum absolute atomic E-state index is 0.00476. The van der Waals surface area contributed by atoms with E-state index >= 15 is 0 Å². The molecule has 2 aromatic rings. The zero-order valence-electron chi connectivity index (χ0n) is 15.9. The molecule has 1 aliphatic rings. The van der Waals surface area contributed by atoms with Crippen LogP contribution < -0.4 is 10.6 Å². The number of aryl methyl sites for hydroxylation is 1. The van der Waals surface area contributed by atoms with E-state index in [4.69, 9.17) is 0 Å². The number of pyridine rings is 1. The van der Waals surface area contributed by atoms with Gasteiger partial charge < -0.3 is 15.5 Å². The third-order valence-corrected chi connectivity index (χ3v) is 4.86. The van der Waals surface area contributed by atoms with Gasteiger partial charge in [-0.2, -0.15) is 0 Å². The van der Waals surface area contributed by atoms with Gasteiger partial charge in [0.1, 0.15) is 0 Å². The van der Waals surface area contributed by atoms with Crippen molar-refractivity contribution >= 4 is 17.6 Å². The van der Waals surface area contributed by atoms with E-state index in [-0.39, 0.29) is 18.0 Å². The molecule has 0 radical (unpaired) electrons. The lowest BCUT2D eigenvalue weighted by Gasteiger charge is -2.35. The lowest BCUT2D eigenvalue weighted by Crippen LogP contribution is -2.41. The number of rotatable bonds is 4. The third-order valence-electron chi connectivity index (χ3n) is 4.86. The second-order valence-electron chi connectivity index (χ2n) is 6.78. The topological polar surface area (TPSA) is 74.3 Å². The average Bonchev–Trinajstić information content (AvgIpc) is 2.70. The molecular weight excluding hydrogens is 340 g/mol. The highest BCUT2D eigenvalue weighted by Crippen LogP contribution is 2.30. The van der Waals surface area contributed by atoms with Crippen molar-refractivity contribution in [2.45, 2.75) is 39.2 Å². The van der Waals surface area contributed by atoms with Crippen LogP contribution in [0.4, 0.5) is 10.5 Å². The maximum absolute atomic E-state index is 12.9. The van der Waals surface area contributed by atoms with E-state index in [1.807, 2.05) is 36.9 Å². The number of amides is 3. The van der Waals surface area contributed by atoms with Crippen LogP contribution in [0.5, 0.6) is 0 Å². The summed E-state index contributed by atoms with van der Waals surface area (Å²) in [7, 11) is 0. The first-order valence-corrected chi connectivity index (χ1v) is 9.47. The highest BCUT2D eigenvalue weighted by Gasteiger charge is 2.29. The molecule has 142 valence electrons. The standard InChI is InChI=1S/C21H26N4O2/c1-3-22-20(26)16-10-11-17(15(2)14-16)24-21(27)25-13-7-5-9-19(25)18-8-4-6-12-23-18/h4,6,8,10-12,14,19H,3,5,7,9,13H2,1-2H3,(H,22,26)(H,24,27)/t19-/m1/s1. The predicted octanol–water partition coefficient (Wildman–Crippen LogP) is 3.90. The minimum atomic E-state index is -0.126. The summed E-state index contributed by atoms with van der Waals surface area (Å²) in [5, 5.41) is 5.79. The summed E-state index contributed by atoms with van der Waals surface area (Å²) in [4.78, 5) is 31.2. The van der Waals surface area contributed by atoms with Gasteiger partial charge in [-0.3, -0.25) is 9.78 Å². The van der Waals surface area contributed by atoms with Gasteiger partial charge in [0.2, 0.25) is 0 Å². The van der Waals surface area contributed by atoms with Crippen LogP contribution in [-0.2, 0) is 0 Å². The van der Waals surface area contributed by atoms with Crippen molar-refractivity contribution in [3.8, 4) is 0 Å². The molecular formula is C21H26N4O2. The maximum Gasteiger partial charge on any atom is 0.322 e. The van der Waals surface area contributed by atoms with Crippen LogP contribution in [0, 0.1) is 6.92 Å². The minimum Gasteiger partial charge on any atom is -0.352 e. The van der Waals surface area contributed by atoms with Crippen molar-refractivity contribution in [3.63, 3.8) is 0 Å². The van der Waals surface area contributed by atoms with E-state index < -0.39 is 0 Å². The first-order valence-electron chi connectivity index (χ1n) is 9.47. The maximum atomic E-state index is 12.9. The molecule has 0 saturated carbocycles. The molecule has 0 aliphatic carbocycles. The number of hydrogen-bond donors (Lipinski definition) is 2. The number of piperidine rings is 1. The quantitative estimate of drug-likeness (QED) is 0.862. The normalized spacial score (nSPS) is 16.7. The number of benzene rings is 1. The molecule has 0 bridgehead atoms. The number of anilines is 1. The van der Waals surface area contributed by atoms with E-state index in [2.05, 4.69) is 15.6 Å². The summed E-state index contributed by atoms with van der Waals surface area (Å²) in [5.41, 5.74) is 3.10. The lowest BCUT2D eigenvalue weighted by molar-refractivity contribution is 0.0955. The molecule has 27 heavy (non-hydrogen) atoms. The highest BCUT2D eigenvalue weighted by molar-refractivity contribution is 5.96. The largest absolute Gasteiger partial charge is 0.352 e. The number of carbonyl (C=O) groups excluding carboxylic acids is 2. The van der Waals surface area contributed by atoms with E-state index in [9.17, 15) is 9.59 Å². The van der Waals surface area contributed by atoms with Crippen molar-refractivity contribution < 1.29 is 9.59 Å². The Morgan fingerprint density at radius 3 is 2.78 bits per heavy atom. The summed E-state index contributed by atoms with van der Waals surface area (Å²) < 4.78 is 0. The van der Waals surface area contributed by atoms with Crippen molar-refractivity contribution in [1.29, 1.82) is 0 Å². The van der Waals surface area contributed by atoms with Crippen LogP contribution in [-0.4, -0.2) is 34.9 Å². The molecule has 2 heterocycles. The van der Waals surface area contributed by atoms with E-state index in [0.29, 0.717) is 18.7 Å². The van der Waals surface area contributed by atoms with Crippen LogP contribution in [0.1, 0.15) is 53.8 Å². The van der Waals surface area contributed by atoms with Gasteiger partial charge >= 0.3 is 6.03 Å². The van der Waals surface area contributed by atoms with Crippen molar-refractivity contribution in [2.75, 3.05) is 18.4 Å². The second kappa shape index (κ2) is 8.66. The molecule has 1 aromatic carbocycles. The van der Waals surface area contributed by atoms with Gasteiger partial charge in [0.05, 0.1) is 11.7 Å². The fourth-order valence-electron chi connectivity index (χ4n) is 3.45. The Balaban J connectivity index is 1.74. The number of urea groups is 1. The van der Waals surface area contributed by atoms with Crippen LogP contribution >= 0.6 is 0 Å². The fourth-order valence-corrected chi connectivity index (χ4v) is 3.45. The number of likely N-dealkylation sites (tertiary alicyclic amines) is 1. The summed E-state index contributed by atoms with van der Waals surface area (Å²) in [5.74, 6) is -0.107. The van der Waals surface area contributed by atoms with Crippen LogP contribution in [0.2, 0.25) is 0 Å². The van der Waals surface area contributed by atoms with Crippen LogP contribution in [0.25, 0.3) is 0 Å². The molecule has 6 heteroatoms. The summed E-state index contributed by atoms with van der Waals surface area (Å²) in [6, 6.07) is 11.0. The third kappa shape index (κ3) is 4.45. The SMILES string of the molecule is CCNC(=O)c1ccc(NC(=O)N2CCCC[C@@H]2c2ccccn2)c(C)c1. The molecule has 0 unspecified atom stereocenters. The monoisotopic (exact) mass is 366 g/mol. The van der Waals surface area contributed by atoms with Crippen molar-refractivity contribution in [2.24, 2.45) is 0 Å². The van der Waals surface area contributed by atoms with E-state index in [0.717, 1.165) is 36.2 Å². The predicted molar refractivity (Wildman–Crippen MR) is 106 cm³/mol. The number of carbonyl (C=O) groups is 2. The Hall–Kier alpha value is -2.89. The van der Waals surface area contributed by atoms with Crippen molar-refractivity contribution in [3.05, 3.63) is 59.4 Å². The zero-order valence-corrected chi connectivity index (χ0v) is 15.9. The van der Waals surface area contributed by atoms with Crippen LogP contribution in [0.3, 0.4) is 0 Å². The average molecular weight is 366 g/mol. The first kappa shape index (κ1) is 18.9. The first-order chi connectivity index (χ1) is 13.1. The molecule has 0 spiro atoms. The Kier molecular flexibility index (Phi) is 6.06. The van der Waals surface area contributed by atoms with Crippen LogP contribution in [0.15, 0.2) is 42.6 Å². The Labute approximate surface area is 160 Å². The summed E-state index contributed by atoms with van der Waals surface area (Å²) >= 11 is 0. The molecule has 6 nitrogen and oxygen atoms in total. The van der Waals surface area contributed by atoms with E-state index in [1.54, 1.807) is 24.4 Å². The smallest absolute Gasteiger partial charge is 0.322 e. The zero-order chi connectivity index (χ0) is 19.2. The Morgan fingerprint density at radius 1 is 1.22 bits per heavy atom. The summed E-state index contributed by atoms with van der Waals surface area (Å²) in [6.07, 6.45) is 4.76. The number of nitrogens with zero attached hydrogens (tertiary/aromatic N) is 2. The van der Waals surface area contributed by atoms with E-state index in [1.165, 1.54) is 0 Å². The molecule has 2 N–H and O–H groups in total. The highest BCUT2D eigenvalue weighted by atomic mass is 16.2. The number of hydrogen-bond acceptors (Lipinski definition) is 3. The number of aromatic nitrogens is 1. The molecule has 1 aromatic heterocycles.